The van der Waals surface area contributed by atoms with Crippen molar-refractivity contribution in [3.8, 4) is 0 Å². The minimum absolute atomic E-state index is 0.0185. The topological polar surface area (TPSA) is 52.6 Å². The van der Waals surface area contributed by atoms with Crippen LogP contribution in [0.15, 0.2) is 30.3 Å². The number of ether oxygens (including phenoxy) is 2. The van der Waals surface area contributed by atoms with E-state index in [4.69, 9.17) is 4.74 Å². The predicted octanol–water partition coefficient (Wildman–Crippen LogP) is 2.71. The van der Waals surface area contributed by atoms with E-state index >= 15 is 0 Å². The standard InChI is InChI=1S/C14H16F2O4/c1-2-19-13(18)14(15,16)9-8-12(17)20-10-11-6-4-3-5-7-11/h3-7H,2,8-10H2,1H3. The molecule has 1 aromatic rings. The summed E-state index contributed by atoms with van der Waals surface area (Å²) < 4.78 is 35.6. The third-order valence-electron chi connectivity index (χ3n) is 2.46. The number of carbonyl (C=O) groups excluding carboxylic acids is 2. The van der Waals surface area contributed by atoms with Crippen molar-refractivity contribution >= 4 is 11.9 Å². The SMILES string of the molecule is CCOC(=O)C(F)(F)CCC(=O)OCc1ccccc1. The van der Waals surface area contributed by atoms with Crippen LogP contribution >= 0.6 is 0 Å². The molecule has 0 aromatic heterocycles. The van der Waals surface area contributed by atoms with Crippen LogP contribution in [-0.2, 0) is 25.7 Å². The van der Waals surface area contributed by atoms with E-state index in [0.29, 0.717) is 0 Å². The third kappa shape index (κ3) is 5.34. The molecule has 0 aliphatic rings. The van der Waals surface area contributed by atoms with Gasteiger partial charge in [-0.1, -0.05) is 30.3 Å². The maximum Gasteiger partial charge on any atom is 0.376 e. The largest absolute Gasteiger partial charge is 0.462 e. The van der Waals surface area contributed by atoms with Crippen molar-refractivity contribution in [1.29, 1.82) is 0 Å². The van der Waals surface area contributed by atoms with E-state index < -0.39 is 30.7 Å². The smallest absolute Gasteiger partial charge is 0.376 e. The maximum atomic E-state index is 13.2. The van der Waals surface area contributed by atoms with Gasteiger partial charge in [-0.15, -0.1) is 0 Å². The maximum absolute atomic E-state index is 13.2. The number of halogens is 2. The first-order valence-electron chi connectivity index (χ1n) is 6.20. The van der Waals surface area contributed by atoms with E-state index in [0.717, 1.165) is 5.56 Å². The Labute approximate surface area is 115 Å². The molecule has 0 fully saturated rings. The summed E-state index contributed by atoms with van der Waals surface area (Å²) in [5, 5.41) is 0. The van der Waals surface area contributed by atoms with E-state index in [2.05, 4.69) is 4.74 Å². The molecular weight excluding hydrogens is 270 g/mol. The lowest BCUT2D eigenvalue weighted by molar-refractivity contribution is -0.173. The molecule has 0 bridgehead atoms. The van der Waals surface area contributed by atoms with Crippen LogP contribution in [0.5, 0.6) is 0 Å². The van der Waals surface area contributed by atoms with Gasteiger partial charge >= 0.3 is 17.9 Å². The Morgan fingerprint density at radius 2 is 1.80 bits per heavy atom. The third-order valence-corrected chi connectivity index (χ3v) is 2.46. The highest BCUT2D eigenvalue weighted by molar-refractivity contribution is 5.78. The highest BCUT2D eigenvalue weighted by atomic mass is 19.3. The van der Waals surface area contributed by atoms with E-state index in [1.54, 1.807) is 24.3 Å². The summed E-state index contributed by atoms with van der Waals surface area (Å²) in [5.74, 6) is -6.06. The van der Waals surface area contributed by atoms with Crippen molar-refractivity contribution in [2.45, 2.75) is 32.3 Å². The molecule has 0 unspecified atom stereocenters. The predicted molar refractivity (Wildman–Crippen MR) is 67.1 cm³/mol. The zero-order chi connectivity index (χ0) is 15.0. The highest BCUT2D eigenvalue weighted by Crippen LogP contribution is 2.22. The minimum Gasteiger partial charge on any atom is -0.462 e. The van der Waals surface area contributed by atoms with Gasteiger partial charge in [0, 0.05) is 6.42 Å². The fraction of sp³-hybridized carbons (Fsp3) is 0.429. The zero-order valence-corrected chi connectivity index (χ0v) is 11.1. The Balaban J connectivity index is 2.34. The number of carbonyl (C=O) groups is 2. The molecule has 0 aliphatic carbocycles. The first-order chi connectivity index (χ1) is 9.45. The molecule has 0 amide bonds. The Bertz CT molecular complexity index is 446. The van der Waals surface area contributed by atoms with E-state index in [9.17, 15) is 18.4 Å². The monoisotopic (exact) mass is 286 g/mol. The van der Waals surface area contributed by atoms with Gasteiger partial charge in [0.15, 0.2) is 0 Å². The van der Waals surface area contributed by atoms with Crippen molar-refractivity contribution in [3.05, 3.63) is 35.9 Å². The lowest BCUT2D eigenvalue weighted by atomic mass is 10.2. The summed E-state index contributed by atoms with van der Waals surface area (Å²) in [6.07, 6.45) is -1.46. The lowest BCUT2D eigenvalue weighted by Gasteiger charge is -2.13. The van der Waals surface area contributed by atoms with Gasteiger partial charge < -0.3 is 9.47 Å². The van der Waals surface area contributed by atoms with Gasteiger partial charge in [-0.05, 0) is 12.5 Å². The molecule has 0 atom stereocenters. The van der Waals surface area contributed by atoms with Crippen LogP contribution in [0.2, 0.25) is 0 Å². The van der Waals surface area contributed by atoms with Crippen LogP contribution in [0, 0.1) is 0 Å². The number of esters is 2. The van der Waals surface area contributed by atoms with Crippen LogP contribution in [-0.4, -0.2) is 24.5 Å². The summed E-state index contributed by atoms with van der Waals surface area (Å²) in [4.78, 5) is 22.3. The molecular formula is C14H16F2O4. The van der Waals surface area contributed by atoms with Crippen molar-refractivity contribution in [2.75, 3.05) is 6.61 Å². The number of hydrogen-bond donors (Lipinski definition) is 0. The van der Waals surface area contributed by atoms with E-state index in [1.165, 1.54) is 6.92 Å². The molecule has 20 heavy (non-hydrogen) atoms. The van der Waals surface area contributed by atoms with Crippen molar-refractivity contribution in [2.24, 2.45) is 0 Å². The number of rotatable bonds is 7. The number of hydrogen-bond acceptors (Lipinski definition) is 4. The summed E-state index contributed by atoms with van der Waals surface area (Å²) in [7, 11) is 0. The van der Waals surface area contributed by atoms with Crippen molar-refractivity contribution in [3.63, 3.8) is 0 Å². The molecule has 0 radical (unpaired) electrons. The van der Waals surface area contributed by atoms with Crippen LogP contribution < -0.4 is 0 Å². The van der Waals surface area contributed by atoms with Gasteiger partial charge in [-0.2, -0.15) is 8.78 Å². The van der Waals surface area contributed by atoms with Crippen LogP contribution in [0.25, 0.3) is 0 Å². The highest BCUT2D eigenvalue weighted by Gasteiger charge is 2.40. The Hall–Kier alpha value is -1.98. The first-order valence-corrected chi connectivity index (χ1v) is 6.20. The Kier molecular flexibility index (Phi) is 6.09. The molecule has 0 saturated heterocycles. The quantitative estimate of drug-likeness (QED) is 0.723. The van der Waals surface area contributed by atoms with Crippen molar-refractivity contribution < 1.29 is 27.8 Å². The van der Waals surface area contributed by atoms with E-state index in [-0.39, 0.29) is 13.2 Å². The molecule has 1 rings (SSSR count). The molecule has 6 heteroatoms. The van der Waals surface area contributed by atoms with Gasteiger partial charge in [0.1, 0.15) is 6.61 Å². The molecule has 0 spiro atoms. The van der Waals surface area contributed by atoms with Gasteiger partial charge in [0.25, 0.3) is 0 Å². The van der Waals surface area contributed by atoms with Gasteiger partial charge in [-0.3, -0.25) is 4.79 Å². The molecule has 0 saturated carbocycles. The number of alkyl halides is 2. The van der Waals surface area contributed by atoms with Gasteiger partial charge in [0.05, 0.1) is 13.0 Å². The van der Waals surface area contributed by atoms with Crippen LogP contribution in [0.1, 0.15) is 25.3 Å². The fourth-order valence-corrected chi connectivity index (χ4v) is 1.41. The molecule has 0 heterocycles. The average Bonchev–Trinajstić information content (AvgIpc) is 2.44. The first kappa shape index (κ1) is 16.1. The Morgan fingerprint density at radius 1 is 1.15 bits per heavy atom. The van der Waals surface area contributed by atoms with Crippen molar-refractivity contribution in [1.82, 2.24) is 0 Å². The molecule has 0 aliphatic heterocycles. The Morgan fingerprint density at radius 3 is 2.40 bits per heavy atom. The zero-order valence-electron chi connectivity index (χ0n) is 11.1. The second kappa shape index (κ2) is 7.57. The lowest BCUT2D eigenvalue weighted by Crippen LogP contribution is -2.31. The molecule has 1 aromatic carbocycles. The van der Waals surface area contributed by atoms with Gasteiger partial charge in [-0.25, -0.2) is 4.79 Å². The average molecular weight is 286 g/mol. The van der Waals surface area contributed by atoms with Crippen LogP contribution in [0.3, 0.4) is 0 Å². The van der Waals surface area contributed by atoms with E-state index in [1.807, 2.05) is 6.07 Å². The van der Waals surface area contributed by atoms with Crippen LogP contribution in [0.4, 0.5) is 8.78 Å². The second-order valence-corrected chi connectivity index (χ2v) is 4.07. The summed E-state index contributed by atoms with van der Waals surface area (Å²) >= 11 is 0. The summed E-state index contributed by atoms with van der Waals surface area (Å²) in [6.45, 7) is 1.32. The molecule has 4 nitrogen and oxygen atoms in total. The normalized spacial score (nSPS) is 10.9. The summed E-state index contributed by atoms with van der Waals surface area (Å²) in [5.41, 5.74) is 0.762. The number of benzene rings is 1. The molecule has 0 N–H and O–H groups in total. The summed E-state index contributed by atoms with van der Waals surface area (Å²) in [6, 6.07) is 8.86. The van der Waals surface area contributed by atoms with Gasteiger partial charge in [0.2, 0.25) is 0 Å². The molecule has 110 valence electrons. The minimum atomic E-state index is -3.66. The second-order valence-electron chi connectivity index (χ2n) is 4.07. The fourth-order valence-electron chi connectivity index (χ4n) is 1.41.